The summed E-state index contributed by atoms with van der Waals surface area (Å²) in [4.78, 5) is 17.0. The molecule has 0 saturated heterocycles. The van der Waals surface area contributed by atoms with Crippen LogP contribution in [0.15, 0.2) is 78.9 Å². The van der Waals surface area contributed by atoms with E-state index in [0.717, 1.165) is 5.56 Å². The molecule has 0 radical (unpaired) electrons. The summed E-state index contributed by atoms with van der Waals surface area (Å²) >= 11 is 0. The topological polar surface area (TPSA) is 147 Å². The van der Waals surface area contributed by atoms with Crippen LogP contribution in [0.3, 0.4) is 0 Å². The number of urea groups is 1. The molecule has 0 heterocycles. The van der Waals surface area contributed by atoms with Crippen molar-refractivity contribution >= 4 is 12.8 Å². The number of amides is 2. The molecule has 7 heteroatoms. The molecule has 0 aliphatic heterocycles. The van der Waals surface area contributed by atoms with Crippen LogP contribution in [0.2, 0.25) is 0 Å². The van der Waals surface area contributed by atoms with Gasteiger partial charge < -0.3 is 31.6 Å². The number of phenolic OH excluding ortho intramolecular Hbond substituents is 3. The Kier molecular flexibility index (Phi) is 16.3. The summed E-state index contributed by atoms with van der Waals surface area (Å²) in [6.45, 7) is 5.86. The second kappa shape index (κ2) is 17.4. The first-order valence-corrected chi connectivity index (χ1v) is 8.30. The van der Waals surface area contributed by atoms with Crippen LogP contribution >= 0.6 is 0 Å². The SMILES string of the molecule is C=O.Cc1ccc(O)cc1.Cc1ccccc1O.NC(N)=O.Oc1ccccc1. The van der Waals surface area contributed by atoms with Gasteiger partial charge in [0, 0.05) is 0 Å². The van der Waals surface area contributed by atoms with Gasteiger partial charge in [-0.3, -0.25) is 0 Å². The number of carbonyl (C=O) groups excluding carboxylic acids is 2. The number of para-hydroxylation sites is 2. The number of phenols is 3. The maximum absolute atomic E-state index is 9.00. The van der Waals surface area contributed by atoms with Crippen molar-refractivity contribution in [2.24, 2.45) is 11.5 Å². The maximum atomic E-state index is 9.00. The largest absolute Gasteiger partial charge is 0.508 e. The molecule has 0 bridgehead atoms. The average Bonchev–Trinajstić information content (AvgIpc) is 2.69. The van der Waals surface area contributed by atoms with Crippen molar-refractivity contribution in [2.45, 2.75) is 13.8 Å². The van der Waals surface area contributed by atoms with Gasteiger partial charge in [0.1, 0.15) is 24.0 Å². The minimum atomic E-state index is -0.833. The fraction of sp³-hybridized carbons (Fsp3) is 0.0909. The van der Waals surface area contributed by atoms with Crippen molar-refractivity contribution in [3.63, 3.8) is 0 Å². The molecule has 0 atom stereocenters. The van der Waals surface area contributed by atoms with Gasteiger partial charge in [-0.25, -0.2) is 4.79 Å². The van der Waals surface area contributed by atoms with E-state index in [4.69, 9.17) is 24.9 Å². The lowest BCUT2D eigenvalue weighted by Crippen LogP contribution is -2.18. The fourth-order valence-corrected chi connectivity index (χ4v) is 1.54. The summed E-state index contributed by atoms with van der Waals surface area (Å²) in [5.41, 5.74) is 10.6. The summed E-state index contributed by atoms with van der Waals surface area (Å²) in [5, 5.41) is 26.3. The molecule has 156 valence electrons. The monoisotopic (exact) mass is 400 g/mol. The van der Waals surface area contributed by atoms with E-state index in [0.29, 0.717) is 17.2 Å². The molecule has 0 fully saturated rings. The van der Waals surface area contributed by atoms with Crippen LogP contribution in [0.5, 0.6) is 17.2 Å². The second-order valence-electron chi connectivity index (χ2n) is 5.36. The first kappa shape index (κ1) is 27.2. The van der Waals surface area contributed by atoms with Crippen LogP contribution in [0.25, 0.3) is 0 Å². The highest BCUT2D eigenvalue weighted by Gasteiger charge is 1.87. The van der Waals surface area contributed by atoms with E-state index in [1.807, 2.05) is 57.0 Å². The van der Waals surface area contributed by atoms with Crippen molar-refractivity contribution < 1.29 is 24.9 Å². The lowest BCUT2D eigenvalue weighted by atomic mass is 10.2. The number of primary amides is 2. The Morgan fingerprint density at radius 2 is 1.07 bits per heavy atom. The third-order valence-corrected chi connectivity index (χ3v) is 2.91. The number of nitrogens with two attached hydrogens (primary N) is 2. The smallest absolute Gasteiger partial charge is 0.309 e. The minimum absolute atomic E-state index is 0.322. The molecule has 0 spiro atoms. The highest BCUT2D eigenvalue weighted by atomic mass is 16.3. The lowest BCUT2D eigenvalue weighted by molar-refractivity contribution is -0.0980. The van der Waals surface area contributed by atoms with E-state index >= 15 is 0 Å². The summed E-state index contributed by atoms with van der Waals surface area (Å²) in [6, 6.07) is 22.2. The number of benzene rings is 3. The zero-order valence-corrected chi connectivity index (χ0v) is 16.5. The first-order valence-electron chi connectivity index (χ1n) is 8.30. The van der Waals surface area contributed by atoms with Crippen molar-refractivity contribution in [3.05, 3.63) is 90.0 Å². The van der Waals surface area contributed by atoms with E-state index in [-0.39, 0.29) is 0 Å². The third-order valence-electron chi connectivity index (χ3n) is 2.91. The van der Waals surface area contributed by atoms with E-state index < -0.39 is 6.03 Å². The quantitative estimate of drug-likeness (QED) is 0.391. The Bertz CT molecular complexity index is 748. The molecule has 2 amide bonds. The number of hydrogen-bond donors (Lipinski definition) is 5. The summed E-state index contributed by atoms with van der Waals surface area (Å²) in [5.74, 6) is 1.02. The van der Waals surface area contributed by atoms with Crippen molar-refractivity contribution in [1.82, 2.24) is 0 Å². The summed E-state index contributed by atoms with van der Waals surface area (Å²) in [6.07, 6.45) is 0. The van der Waals surface area contributed by atoms with E-state index in [2.05, 4.69) is 11.5 Å². The van der Waals surface area contributed by atoms with E-state index in [9.17, 15) is 0 Å². The molecule has 29 heavy (non-hydrogen) atoms. The standard InChI is InChI=1S/2C7H8O.C6H6O.CH4N2O.CH2O/c1-6-2-4-7(8)5-3-6;1-6-4-2-3-5-7(6)8;7-6-4-2-1-3-5-6;2-1(3)4;1-2/h2*2-5,8H,1H3;1-5,7H;(H4,2,3,4);1H2. The highest BCUT2D eigenvalue weighted by molar-refractivity contribution is 5.69. The van der Waals surface area contributed by atoms with Gasteiger partial charge in [-0.1, -0.05) is 54.1 Å². The van der Waals surface area contributed by atoms with Gasteiger partial charge in [0.2, 0.25) is 0 Å². The maximum Gasteiger partial charge on any atom is 0.309 e. The van der Waals surface area contributed by atoms with Gasteiger partial charge in [-0.05, 0) is 49.7 Å². The molecule has 0 unspecified atom stereocenters. The predicted molar refractivity (Wildman–Crippen MR) is 115 cm³/mol. The van der Waals surface area contributed by atoms with Gasteiger partial charge >= 0.3 is 6.03 Å². The molecule has 0 aliphatic carbocycles. The predicted octanol–water partition coefficient (Wildman–Crippen LogP) is 3.63. The van der Waals surface area contributed by atoms with Crippen LogP contribution in [0.1, 0.15) is 11.1 Å². The minimum Gasteiger partial charge on any atom is -0.508 e. The van der Waals surface area contributed by atoms with Gasteiger partial charge in [-0.15, -0.1) is 0 Å². The second-order valence-corrected chi connectivity index (χ2v) is 5.36. The molecule has 3 aromatic rings. The average molecular weight is 400 g/mol. The van der Waals surface area contributed by atoms with Crippen LogP contribution in [-0.2, 0) is 4.79 Å². The molecular weight excluding hydrogens is 372 g/mol. The van der Waals surface area contributed by atoms with Crippen molar-refractivity contribution in [2.75, 3.05) is 0 Å². The van der Waals surface area contributed by atoms with Crippen LogP contribution < -0.4 is 11.5 Å². The molecule has 7 nitrogen and oxygen atoms in total. The Morgan fingerprint density at radius 1 is 0.690 bits per heavy atom. The van der Waals surface area contributed by atoms with Crippen LogP contribution in [-0.4, -0.2) is 28.1 Å². The third kappa shape index (κ3) is 18.6. The Balaban J connectivity index is 0. The molecule has 3 aromatic carbocycles. The van der Waals surface area contributed by atoms with Crippen LogP contribution in [0, 0.1) is 13.8 Å². The van der Waals surface area contributed by atoms with E-state index in [1.165, 1.54) is 5.56 Å². The molecule has 7 N–H and O–H groups in total. The molecule has 3 rings (SSSR count). The number of hydrogen-bond acceptors (Lipinski definition) is 5. The summed E-state index contributed by atoms with van der Waals surface area (Å²) in [7, 11) is 0. The normalized spacial score (nSPS) is 8.07. The van der Waals surface area contributed by atoms with Crippen molar-refractivity contribution in [1.29, 1.82) is 0 Å². The Morgan fingerprint density at radius 3 is 1.34 bits per heavy atom. The zero-order valence-electron chi connectivity index (χ0n) is 16.5. The summed E-state index contributed by atoms with van der Waals surface area (Å²) < 4.78 is 0. The molecule has 0 aromatic heterocycles. The van der Waals surface area contributed by atoms with E-state index in [1.54, 1.807) is 42.5 Å². The number of rotatable bonds is 0. The van der Waals surface area contributed by atoms with Gasteiger partial charge in [0.15, 0.2) is 0 Å². The van der Waals surface area contributed by atoms with Crippen molar-refractivity contribution in [3.8, 4) is 17.2 Å². The van der Waals surface area contributed by atoms with Gasteiger partial charge in [0.25, 0.3) is 0 Å². The number of aryl methyl sites for hydroxylation is 2. The van der Waals surface area contributed by atoms with Gasteiger partial charge in [0.05, 0.1) is 0 Å². The highest BCUT2D eigenvalue weighted by Crippen LogP contribution is 2.12. The number of aromatic hydroxyl groups is 3. The number of carbonyl (C=O) groups is 2. The Labute approximate surface area is 170 Å². The molecule has 0 aliphatic rings. The zero-order chi connectivity index (χ0) is 22.7. The van der Waals surface area contributed by atoms with Gasteiger partial charge in [-0.2, -0.15) is 0 Å². The fourth-order valence-electron chi connectivity index (χ4n) is 1.54. The Hall–Kier alpha value is -4.00. The first-order chi connectivity index (χ1) is 13.7. The van der Waals surface area contributed by atoms with Crippen LogP contribution in [0.4, 0.5) is 4.79 Å². The lowest BCUT2D eigenvalue weighted by Gasteiger charge is -1.92. The molecular formula is C22H28N2O5. The molecule has 0 saturated carbocycles.